The van der Waals surface area contributed by atoms with Crippen LogP contribution in [0.15, 0.2) is 30.3 Å². The molecule has 1 fully saturated rings. The third kappa shape index (κ3) is 8.69. The first-order chi connectivity index (χ1) is 12.1. The van der Waals surface area contributed by atoms with Crippen molar-refractivity contribution in [2.75, 3.05) is 18.0 Å². The molecule has 0 bridgehead atoms. The molecule has 0 spiro atoms. The SMILES string of the molecule is [CH2-]c1ccccc1.[CH2-]c1nc(Cl)nc(N2C[CH-]CC[CH-]C2)c1C[C-]=O.[Li+].[Li+]. The van der Waals surface area contributed by atoms with E-state index < -0.39 is 0 Å². The predicted molar refractivity (Wildman–Crippen MR) is 102 cm³/mol. The van der Waals surface area contributed by atoms with E-state index in [-0.39, 0.29) is 49.4 Å². The van der Waals surface area contributed by atoms with Crippen molar-refractivity contribution < 1.29 is 42.5 Å². The Morgan fingerprint density at radius 2 is 1.67 bits per heavy atom. The zero-order valence-corrected chi connectivity index (χ0v) is 16.9. The van der Waals surface area contributed by atoms with E-state index in [0.717, 1.165) is 31.5 Å². The Labute approximate surface area is 191 Å². The molecule has 0 unspecified atom stereocenters. The molecule has 2 aromatic rings. The molecule has 4 nitrogen and oxygen atoms in total. The van der Waals surface area contributed by atoms with Crippen LogP contribution in [-0.2, 0) is 11.2 Å². The molecule has 1 aromatic carbocycles. The molecule has 0 saturated carbocycles. The Hall–Kier alpha value is -1.01. The molecule has 1 aliphatic heterocycles. The normalized spacial score (nSPS) is 13.1. The number of hydrogen-bond donors (Lipinski definition) is 0. The van der Waals surface area contributed by atoms with Crippen molar-refractivity contribution in [3.8, 4) is 0 Å². The minimum absolute atomic E-state index is 0. The first-order valence-corrected chi connectivity index (χ1v) is 8.48. The van der Waals surface area contributed by atoms with E-state index in [0.29, 0.717) is 17.1 Å². The molecule has 27 heavy (non-hydrogen) atoms. The van der Waals surface area contributed by atoms with E-state index >= 15 is 0 Å². The van der Waals surface area contributed by atoms with E-state index in [4.69, 9.17) is 11.6 Å². The average Bonchev–Trinajstić information content (AvgIpc) is 2.88. The first-order valence-electron chi connectivity index (χ1n) is 8.10. The number of aromatic nitrogens is 2. The van der Waals surface area contributed by atoms with Crippen LogP contribution in [0.5, 0.6) is 0 Å². The van der Waals surface area contributed by atoms with Gasteiger partial charge in [0.1, 0.15) is 0 Å². The molecule has 0 amide bonds. The van der Waals surface area contributed by atoms with Crippen molar-refractivity contribution in [3.63, 3.8) is 0 Å². The van der Waals surface area contributed by atoms with Crippen LogP contribution in [0.4, 0.5) is 5.82 Å². The summed E-state index contributed by atoms with van der Waals surface area (Å²) in [4.78, 5) is 20.9. The third-order valence-corrected chi connectivity index (χ3v) is 3.88. The van der Waals surface area contributed by atoms with Gasteiger partial charge >= 0.3 is 37.7 Å². The van der Waals surface area contributed by atoms with Crippen molar-refractivity contribution in [1.29, 1.82) is 0 Å². The average molecular weight is 369 g/mol. The molecule has 7 heteroatoms. The first kappa shape index (κ1) is 26.0. The predicted octanol–water partition coefficient (Wildman–Crippen LogP) is -2.15. The Bertz CT molecular complexity index is 678. The molecule has 2 heterocycles. The van der Waals surface area contributed by atoms with Gasteiger partial charge in [0, 0.05) is 5.82 Å². The number of rotatable bonds is 3. The van der Waals surface area contributed by atoms with Gasteiger partial charge in [-0.05, 0) is 11.6 Å². The van der Waals surface area contributed by atoms with Crippen molar-refractivity contribution in [2.24, 2.45) is 0 Å². The maximum atomic E-state index is 10.6. The van der Waals surface area contributed by atoms with Gasteiger partial charge in [0.25, 0.3) is 0 Å². The van der Waals surface area contributed by atoms with Gasteiger partial charge in [-0.25, -0.2) is 24.7 Å². The minimum Gasteiger partial charge on any atom is -0.543 e. The van der Waals surface area contributed by atoms with Crippen LogP contribution in [0, 0.1) is 26.7 Å². The van der Waals surface area contributed by atoms with E-state index in [9.17, 15) is 4.79 Å². The number of carbonyl (C=O) groups excluding carboxylic acids is 1. The molecule has 0 radical (unpaired) electrons. The van der Waals surface area contributed by atoms with Crippen LogP contribution in [0.3, 0.4) is 0 Å². The Kier molecular flexibility index (Phi) is 13.5. The zero-order chi connectivity index (χ0) is 18.1. The number of benzene rings is 1. The molecule has 0 N–H and O–H groups in total. The summed E-state index contributed by atoms with van der Waals surface area (Å²) in [7, 11) is 0. The minimum atomic E-state index is 0. The van der Waals surface area contributed by atoms with Crippen molar-refractivity contribution in [1.82, 2.24) is 9.97 Å². The van der Waals surface area contributed by atoms with Crippen LogP contribution >= 0.6 is 11.6 Å². The summed E-state index contributed by atoms with van der Waals surface area (Å²) < 4.78 is 0. The van der Waals surface area contributed by atoms with Gasteiger partial charge in [-0.3, -0.25) is 11.3 Å². The number of hydrogen-bond acceptors (Lipinski definition) is 4. The molecule has 3 rings (SSSR count). The van der Waals surface area contributed by atoms with Crippen LogP contribution < -0.4 is 42.6 Å². The maximum Gasteiger partial charge on any atom is 1.00 e. The van der Waals surface area contributed by atoms with Crippen molar-refractivity contribution >= 4 is 23.7 Å². The molecular weight excluding hydrogens is 348 g/mol. The van der Waals surface area contributed by atoms with Gasteiger partial charge in [-0.1, -0.05) is 11.8 Å². The largest absolute Gasteiger partial charge is 1.00 e. The van der Waals surface area contributed by atoms with Gasteiger partial charge in [-0.2, -0.15) is 36.6 Å². The molecule has 1 aromatic heterocycles. The second-order valence-electron chi connectivity index (χ2n) is 5.61. The van der Waals surface area contributed by atoms with E-state index in [2.05, 4.69) is 41.6 Å². The number of anilines is 1. The molecule has 134 valence electrons. The van der Waals surface area contributed by atoms with E-state index in [1.807, 2.05) is 36.6 Å². The summed E-state index contributed by atoms with van der Waals surface area (Å²) in [5.41, 5.74) is 2.28. The van der Waals surface area contributed by atoms with Gasteiger partial charge in [0.05, 0.1) is 0 Å². The fourth-order valence-electron chi connectivity index (χ4n) is 2.46. The van der Waals surface area contributed by atoms with Crippen LogP contribution in [0.25, 0.3) is 0 Å². The standard InChI is InChI=1S/C13H14ClN3O.C7H7.2Li/c1-10-11(6-9-18)12(16-13(14)15-10)17-7-4-2-3-5-8-17;1-7-5-3-2-4-6-7;;/h4-5H,1-3,6-8H2;2-6H,1H2;;/q-4;-1;2*+1. The second-order valence-corrected chi connectivity index (χ2v) is 5.95. The molecule has 1 aliphatic rings. The zero-order valence-electron chi connectivity index (χ0n) is 16.1. The summed E-state index contributed by atoms with van der Waals surface area (Å²) in [6, 6.07) is 9.87. The topological polar surface area (TPSA) is 46.1 Å². The summed E-state index contributed by atoms with van der Waals surface area (Å²) >= 11 is 5.87. The maximum absolute atomic E-state index is 10.6. The Balaban J connectivity index is 0.000000640. The summed E-state index contributed by atoms with van der Waals surface area (Å²) in [5, 5.41) is 0.161. The quantitative estimate of drug-likeness (QED) is 0.352. The Morgan fingerprint density at radius 3 is 2.15 bits per heavy atom. The van der Waals surface area contributed by atoms with Crippen LogP contribution in [-0.4, -0.2) is 29.3 Å². The van der Waals surface area contributed by atoms with E-state index in [1.54, 1.807) is 0 Å². The number of nitrogens with zero attached hydrogens (tertiary/aromatic N) is 3. The molecule has 0 aliphatic carbocycles. The smallest absolute Gasteiger partial charge is 0.543 e. The summed E-state index contributed by atoms with van der Waals surface area (Å²) in [6.07, 6.45) is 8.52. The molecule has 1 saturated heterocycles. The molecule has 0 atom stereocenters. The van der Waals surface area contributed by atoms with Gasteiger partial charge in [-0.15, -0.1) is 25.2 Å². The Morgan fingerprint density at radius 1 is 1.07 bits per heavy atom. The second kappa shape index (κ2) is 14.1. The number of halogens is 1. The molecular formula is C20H21ClLi2N3O-3. The summed E-state index contributed by atoms with van der Waals surface area (Å²) in [6.45, 7) is 9.11. The van der Waals surface area contributed by atoms with Gasteiger partial charge in [0.15, 0.2) is 0 Å². The van der Waals surface area contributed by atoms with Crippen LogP contribution in [0.1, 0.15) is 29.7 Å². The fraction of sp³-hybridized carbons (Fsp3) is 0.250. The van der Waals surface area contributed by atoms with Crippen molar-refractivity contribution in [2.45, 2.75) is 19.3 Å². The van der Waals surface area contributed by atoms with Gasteiger partial charge in [0.2, 0.25) is 5.28 Å². The summed E-state index contributed by atoms with van der Waals surface area (Å²) in [5.74, 6) is 0.692. The van der Waals surface area contributed by atoms with Crippen LogP contribution in [0.2, 0.25) is 5.28 Å². The van der Waals surface area contributed by atoms with Crippen molar-refractivity contribution in [3.05, 3.63) is 79.1 Å². The van der Waals surface area contributed by atoms with Gasteiger partial charge < -0.3 is 22.5 Å². The monoisotopic (exact) mass is 368 g/mol. The fourth-order valence-corrected chi connectivity index (χ4v) is 2.64. The third-order valence-electron chi connectivity index (χ3n) is 3.71. The van der Waals surface area contributed by atoms with E-state index in [1.165, 1.54) is 0 Å².